The number of thiazole rings is 1. The molecule has 1 atom stereocenters. The third-order valence-corrected chi connectivity index (χ3v) is 4.12. The van der Waals surface area contributed by atoms with Crippen LogP contribution in [0.1, 0.15) is 29.5 Å². The van der Waals surface area contributed by atoms with E-state index in [1.54, 1.807) is 11.3 Å². The van der Waals surface area contributed by atoms with Crippen molar-refractivity contribution in [3.63, 3.8) is 0 Å². The zero-order chi connectivity index (χ0) is 13.5. The van der Waals surface area contributed by atoms with Crippen LogP contribution >= 0.6 is 11.3 Å². The maximum atomic E-state index is 4.41. The number of rotatable bonds is 7. The zero-order valence-electron chi connectivity index (χ0n) is 11.7. The van der Waals surface area contributed by atoms with Crippen molar-refractivity contribution in [2.75, 3.05) is 6.54 Å². The summed E-state index contributed by atoms with van der Waals surface area (Å²) in [5.41, 5.74) is 2.82. The van der Waals surface area contributed by atoms with Gasteiger partial charge in [-0.05, 0) is 37.4 Å². The van der Waals surface area contributed by atoms with Gasteiger partial charge in [-0.15, -0.1) is 11.3 Å². The predicted molar refractivity (Wildman–Crippen MR) is 82.8 cm³/mol. The van der Waals surface area contributed by atoms with Crippen LogP contribution in [0.5, 0.6) is 0 Å². The molecule has 0 aliphatic heterocycles. The fourth-order valence-electron chi connectivity index (χ4n) is 2.23. The van der Waals surface area contributed by atoms with Gasteiger partial charge in [-0.2, -0.15) is 0 Å². The molecule has 2 rings (SSSR count). The Morgan fingerprint density at radius 1 is 1.26 bits per heavy atom. The molecule has 19 heavy (non-hydrogen) atoms. The number of aromatic nitrogens is 1. The highest BCUT2D eigenvalue weighted by atomic mass is 32.1. The van der Waals surface area contributed by atoms with Gasteiger partial charge < -0.3 is 5.32 Å². The van der Waals surface area contributed by atoms with Crippen LogP contribution in [-0.4, -0.2) is 17.6 Å². The van der Waals surface area contributed by atoms with Gasteiger partial charge in [0.05, 0.1) is 5.01 Å². The Labute approximate surface area is 119 Å². The van der Waals surface area contributed by atoms with E-state index in [1.165, 1.54) is 22.6 Å². The molecule has 0 bridgehead atoms. The molecular formula is C16H22N2S. The van der Waals surface area contributed by atoms with Crippen molar-refractivity contribution >= 4 is 11.3 Å². The average Bonchev–Trinajstić information content (AvgIpc) is 2.91. The Hall–Kier alpha value is -1.19. The standard InChI is InChI=1S/C16H22N2S/c1-3-8-17-15(12-16-18-9-10-19-16)11-14-7-5-4-6-13(14)2/h4-7,9-10,15,17H,3,8,11-12H2,1-2H3. The number of benzene rings is 1. The van der Waals surface area contributed by atoms with E-state index in [4.69, 9.17) is 0 Å². The molecule has 1 heterocycles. The number of nitrogens with zero attached hydrogens (tertiary/aromatic N) is 1. The SMILES string of the molecule is CCCNC(Cc1nccs1)Cc1ccccc1C. The molecule has 0 radical (unpaired) electrons. The van der Waals surface area contributed by atoms with E-state index in [2.05, 4.69) is 53.8 Å². The summed E-state index contributed by atoms with van der Waals surface area (Å²) in [7, 11) is 0. The minimum atomic E-state index is 0.479. The summed E-state index contributed by atoms with van der Waals surface area (Å²) in [5, 5.41) is 6.93. The van der Waals surface area contributed by atoms with Gasteiger partial charge in [0.2, 0.25) is 0 Å². The molecule has 0 saturated heterocycles. The second kappa shape index (κ2) is 7.41. The van der Waals surface area contributed by atoms with Crippen molar-refractivity contribution in [1.82, 2.24) is 10.3 Å². The fourth-order valence-corrected chi connectivity index (χ4v) is 2.93. The minimum Gasteiger partial charge on any atom is -0.313 e. The summed E-state index contributed by atoms with van der Waals surface area (Å²) in [6, 6.07) is 9.14. The monoisotopic (exact) mass is 274 g/mol. The van der Waals surface area contributed by atoms with Crippen molar-refractivity contribution in [3.8, 4) is 0 Å². The van der Waals surface area contributed by atoms with E-state index in [0.717, 1.165) is 19.4 Å². The highest BCUT2D eigenvalue weighted by Crippen LogP contribution is 2.14. The van der Waals surface area contributed by atoms with Crippen LogP contribution < -0.4 is 5.32 Å². The number of aryl methyl sites for hydroxylation is 1. The summed E-state index contributed by atoms with van der Waals surface area (Å²) >= 11 is 1.75. The number of nitrogens with one attached hydrogen (secondary N) is 1. The van der Waals surface area contributed by atoms with E-state index in [1.807, 2.05) is 6.20 Å². The zero-order valence-corrected chi connectivity index (χ0v) is 12.5. The molecule has 0 spiro atoms. The maximum absolute atomic E-state index is 4.41. The molecule has 1 N–H and O–H groups in total. The third-order valence-electron chi connectivity index (χ3n) is 3.32. The highest BCUT2D eigenvalue weighted by Gasteiger charge is 2.12. The van der Waals surface area contributed by atoms with Crippen LogP contribution in [0, 0.1) is 6.92 Å². The van der Waals surface area contributed by atoms with E-state index in [9.17, 15) is 0 Å². The first-order valence-electron chi connectivity index (χ1n) is 6.96. The van der Waals surface area contributed by atoms with Crippen molar-refractivity contribution in [2.24, 2.45) is 0 Å². The number of hydrogen-bond acceptors (Lipinski definition) is 3. The lowest BCUT2D eigenvalue weighted by molar-refractivity contribution is 0.503. The van der Waals surface area contributed by atoms with Crippen molar-refractivity contribution < 1.29 is 0 Å². The van der Waals surface area contributed by atoms with Gasteiger partial charge in [-0.3, -0.25) is 0 Å². The smallest absolute Gasteiger partial charge is 0.0940 e. The summed E-state index contributed by atoms with van der Waals surface area (Å²) in [6.45, 7) is 5.47. The van der Waals surface area contributed by atoms with E-state index in [0.29, 0.717) is 6.04 Å². The molecule has 1 unspecified atom stereocenters. The lowest BCUT2D eigenvalue weighted by Gasteiger charge is -2.18. The summed E-state index contributed by atoms with van der Waals surface area (Å²) in [6.07, 6.45) is 5.16. The van der Waals surface area contributed by atoms with E-state index >= 15 is 0 Å². The van der Waals surface area contributed by atoms with Gasteiger partial charge in [0.1, 0.15) is 0 Å². The molecule has 1 aromatic heterocycles. The van der Waals surface area contributed by atoms with Gasteiger partial charge in [0, 0.05) is 24.0 Å². The fraction of sp³-hybridized carbons (Fsp3) is 0.438. The lowest BCUT2D eigenvalue weighted by Crippen LogP contribution is -2.34. The first-order chi connectivity index (χ1) is 9.29. The Kier molecular flexibility index (Phi) is 5.55. The molecular weight excluding hydrogens is 252 g/mol. The molecule has 0 aliphatic carbocycles. The van der Waals surface area contributed by atoms with Crippen LogP contribution in [0.3, 0.4) is 0 Å². The highest BCUT2D eigenvalue weighted by molar-refractivity contribution is 7.09. The van der Waals surface area contributed by atoms with E-state index < -0.39 is 0 Å². The molecule has 0 aliphatic rings. The van der Waals surface area contributed by atoms with Gasteiger partial charge in [0.15, 0.2) is 0 Å². The summed E-state index contributed by atoms with van der Waals surface area (Å²) in [5.74, 6) is 0. The first-order valence-corrected chi connectivity index (χ1v) is 7.83. The molecule has 102 valence electrons. The van der Waals surface area contributed by atoms with Crippen molar-refractivity contribution in [2.45, 2.75) is 39.2 Å². The van der Waals surface area contributed by atoms with Crippen molar-refractivity contribution in [1.29, 1.82) is 0 Å². The second-order valence-electron chi connectivity index (χ2n) is 4.91. The first kappa shape index (κ1) is 14.2. The van der Waals surface area contributed by atoms with Crippen LogP contribution in [0.2, 0.25) is 0 Å². The molecule has 3 heteroatoms. The molecule has 2 nitrogen and oxygen atoms in total. The lowest BCUT2D eigenvalue weighted by atomic mass is 9.99. The third kappa shape index (κ3) is 4.44. The maximum Gasteiger partial charge on any atom is 0.0940 e. The molecule has 0 saturated carbocycles. The van der Waals surface area contributed by atoms with Gasteiger partial charge in [-0.1, -0.05) is 31.2 Å². The molecule has 1 aromatic carbocycles. The van der Waals surface area contributed by atoms with Crippen LogP contribution in [0.15, 0.2) is 35.8 Å². The molecule has 0 amide bonds. The Morgan fingerprint density at radius 2 is 2.11 bits per heavy atom. The van der Waals surface area contributed by atoms with Crippen LogP contribution in [-0.2, 0) is 12.8 Å². The molecule has 0 fully saturated rings. The van der Waals surface area contributed by atoms with Crippen molar-refractivity contribution in [3.05, 3.63) is 52.0 Å². The van der Waals surface area contributed by atoms with E-state index in [-0.39, 0.29) is 0 Å². The topological polar surface area (TPSA) is 24.9 Å². The minimum absolute atomic E-state index is 0.479. The van der Waals surface area contributed by atoms with Gasteiger partial charge in [0.25, 0.3) is 0 Å². The summed E-state index contributed by atoms with van der Waals surface area (Å²) in [4.78, 5) is 4.41. The van der Waals surface area contributed by atoms with Crippen LogP contribution in [0.4, 0.5) is 0 Å². The number of hydrogen-bond donors (Lipinski definition) is 1. The average molecular weight is 274 g/mol. The predicted octanol–water partition coefficient (Wildman–Crippen LogP) is 3.60. The Morgan fingerprint density at radius 3 is 2.79 bits per heavy atom. The van der Waals surface area contributed by atoms with Crippen LogP contribution in [0.25, 0.3) is 0 Å². The largest absolute Gasteiger partial charge is 0.313 e. The Balaban J connectivity index is 2.03. The summed E-state index contributed by atoms with van der Waals surface area (Å²) < 4.78 is 0. The van der Waals surface area contributed by atoms with Gasteiger partial charge >= 0.3 is 0 Å². The Bertz CT molecular complexity index is 479. The molecule has 2 aromatic rings. The van der Waals surface area contributed by atoms with Gasteiger partial charge in [-0.25, -0.2) is 4.98 Å². The second-order valence-corrected chi connectivity index (χ2v) is 5.89. The quantitative estimate of drug-likeness (QED) is 0.834. The normalized spacial score (nSPS) is 12.5.